The predicted octanol–water partition coefficient (Wildman–Crippen LogP) is 5.80. The molecule has 0 saturated heterocycles. The second kappa shape index (κ2) is 8.96. The second-order valence-corrected chi connectivity index (χ2v) is 8.02. The number of imidazole rings is 1. The molecule has 0 aliphatic carbocycles. The fourth-order valence-corrected chi connectivity index (χ4v) is 3.95. The molecule has 0 bridgehead atoms. The third-order valence-electron chi connectivity index (χ3n) is 5.15. The zero-order chi connectivity index (χ0) is 21.1. The van der Waals surface area contributed by atoms with Gasteiger partial charge in [-0.15, -0.1) is 0 Å². The Hall–Kier alpha value is -2.73. The van der Waals surface area contributed by atoms with Crippen LogP contribution in [-0.4, -0.2) is 16.8 Å². The maximum atomic E-state index is 14.6. The van der Waals surface area contributed by atoms with Crippen molar-refractivity contribution in [2.24, 2.45) is 0 Å². The monoisotopic (exact) mass is 463 g/mol. The highest BCUT2D eigenvalue weighted by atomic mass is 79.9. The van der Waals surface area contributed by atoms with Crippen LogP contribution in [0, 0.1) is 18.6 Å². The van der Waals surface area contributed by atoms with Gasteiger partial charge < -0.3 is 4.57 Å². The molecule has 3 aromatic carbocycles. The quantitative estimate of drug-likeness (QED) is 0.330. The lowest BCUT2D eigenvalue weighted by atomic mass is 9.65. The van der Waals surface area contributed by atoms with Crippen LogP contribution in [0.1, 0.15) is 22.7 Å². The molecule has 1 aromatic heterocycles. The van der Waals surface area contributed by atoms with E-state index in [9.17, 15) is 8.78 Å². The van der Waals surface area contributed by atoms with Crippen molar-refractivity contribution < 1.29 is 8.78 Å². The first kappa shape index (κ1) is 20.5. The maximum Gasteiger partial charge on any atom is 0.203 e. The molecule has 4 aromatic rings. The Morgan fingerprint density at radius 2 is 1.47 bits per heavy atom. The maximum absolute atomic E-state index is 14.6. The number of benzene rings is 3. The molecule has 30 heavy (non-hydrogen) atoms. The van der Waals surface area contributed by atoms with Crippen molar-refractivity contribution in [3.05, 3.63) is 112 Å². The van der Waals surface area contributed by atoms with Crippen LogP contribution >= 0.6 is 15.9 Å². The minimum atomic E-state index is -0.456. The van der Waals surface area contributed by atoms with Crippen LogP contribution in [0.4, 0.5) is 8.78 Å². The van der Waals surface area contributed by atoms with Gasteiger partial charge >= 0.3 is 0 Å². The molecule has 0 spiro atoms. The van der Waals surface area contributed by atoms with E-state index in [-0.39, 0.29) is 11.6 Å². The van der Waals surface area contributed by atoms with Crippen LogP contribution in [-0.2, 0) is 0 Å². The molecule has 0 amide bonds. The normalized spacial score (nSPS) is 11.1. The van der Waals surface area contributed by atoms with Gasteiger partial charge in [-0.25, -0.2) is 8.78 Å². The molecule has 2 nitrogen and oxygen atoms in total. The lowest BCUT2D eigenvalue weighted by Gasteiger charge is -2.19. The van der Waals surface area contributed by atoms with Gasteiger partial charge in [-0.1, -0.05) is 58.6 Å². The summed E-state index contributed by atoms with van der Waals surface area (Å²) >= 11 is 3.46. The average molecular weight is 464 g/mol. The summed E-state index contributed by atoms with van der Waals surface area (Å²) in [5, 5.41) is 0. The lowest BCUT2D eigenvalue weighted by Crippen LogP contribution is -2.28. The zero-order valence-corrected chi connectivity index (χ0v) is 18.0. The van der Waals surface area contributed by atoms with Gasteiger partial charge in [-0.3, -0.25) is 4.98 Å². The summed E-state index contributed by atoms with van der Waals surface area (Å²) in [7, 11) is 1.94. The Balaban J connectivity index is 1.69. The van der Waals surface area contributed by atoms with Crippen molar-refractivity contribution in [1.29, 1.82) is 0 Å². The molecule has 0 N–H and O–H groups in total. The molecular weight excluding hydrogens is 445 g/mol. The van der Waals surface area contributed by atoms with Gasteiger partial charge in [0.1, 0.15) is 11.6 Å². The highest BCUT2D eigenvalue weighted by Gasteiger charge is 2.22. The molecule has 4 rings (SSSR count). The van der Waals surface area contributed by atoms with Gasteiger partial charge in [-0.05, 0) is 54.4 Å². The van der Waals surface area contributed by atoms with E-state index in [0.29, 0.717) is 17.4 Å². The first-order chi connectivity index (χ1) is 14.5. The van der Waals surface area contributed by atoms with E-state index < -0.39 is 5.92 Å². The molecule has 1 heterocycles. The smallest absolute Gasteiger partial charge is 0.203 e. The van der Waals surface area contributed by atoms with Gasteiger partial charge in [0.25, 0.3) is 0 Å². The molecular formula is C24H19BBrF2N2. The molecule has 1 radical (unpaired) electrons. The number of rotatable bonds is 6. The Kier molecular flexibility index (Phi) is 6.14. The van der Waals surface area contributed by atoms with Crippen LogP contribution in [0.3, 0.4) is 0 Å². The first-order valence-electron chi connectivity index (χ1n) is 9.67. The molecule has 0 aliphatic rings. The molecule has 0 saturated carbocycles. The summed E-state index contributed by atoms with van der Waals surface area (Å²) in [5.41, 5.74) is 3.65. The Bertz CT molecular complexity index is 1110. The molecule has 0 aliphatic heterocycles. The van der Waals surface area contributed by atoms with E-state index in [1.165, 1.54) is 12.1 Å². The summed E-state index contributed by atoms with van der Waals surface area (Å²) in [6.07, 6.45) is 2.21. The van der Waals surface area contributed by atoms with Crippen molar-refractivity contribution in [3.63, 3.8) is 0 Å². The van der Waals surface area contributed by atoms with E-state index in [0.717, 1.165) is 21.6 Å². The fraction of sp³-hybridized carbons (Fsp3) is 0.125. The summed E-state index contributed by atoms with van der Waals surface area (Å²) in [6, 6.07) is 21.0. The van der Waals surface area contributed by atoms with E-state index in [4.69, 9.17) is 0 Å². The van der Waals surface area contributed by atoms with Crippen LogP contribution in [0.15, 0.2) is 83.5 Å². The van der Waals surface area contributed by atoms with Crippen molar-refractivity contribution >= 4 is 28.9 Å². The molecule has 149 valence electrons. The molecule has 6 heteroatoms. The number of nitrogens with zero attached hydrogens (tertiary/aromatic N) is 2. The van der Waals surface area contributed by atoms with Gasteiger partial charge in [0.2, 0.25) is 7.28 Å². The van der Waals surface area contributed by atoms with Gasteiger partial charge in [0.05, 0.1) is 5.72 Å². The van der Waals surface area contributed by atoms with Gasteiger partial charge in [-0.2, -0.15) is 0 Å². The number of hydrogen-bond acceptors (Lipinski definition) is 1. The Morgan fingerprint density at radius 3 is 2.03 bits per heavy atom. The summed E-state index contributed by atoms with van der Waals surface area (Å²) in [5.74, 6) is -1.14. The molecule has 0 unspecified atom stereocenters. The first-order valence-corrected chi connectivity index (χ1v) is 10.5. The second-order valence-electron chi connectivity index (χ2n) is 7.11. The van der Waals surface area contributed by atoms with E-state index in [2.05, 4.69) is 20.9 Å². The van der Waals surface area contributed by atoms with Gasteiger partial charge in [0.15, 0.2) is 0 Å². The third kappa shape index (κ3) is 4.24. The largest absolute Gasteiger partial charge is 0.310 e. The van der Waals surface area contributed by atoms with E-state index >= 15 is 0 Å². The van der Waals surface area contributed by atoms with Crippen molar-refractivity contribution in [3.8, 4) is 5.69 Å². The third-order valence-corrected chi connectivity index (χ3v) is 5.68. The Morgan fingerprint density at radius 1 is 0.900 bits per heavy atom. The number of halogens is 3. The zero-order valence-electron chi connectivity index (χ0n) is 16.4. The van der Waals surface area contributed by atoms with Crippen molar-refractivity contribution in [1.82, 2.24) is 9.55 Å². The van der Waals surface area contributed by atoms with Crippen LogP contribution in [0.5, 0.6) is 0 Å². The summed E-state index contributed by atoms with van der Waals surface area (Å²) in [6.45, 7) is 1.98. The number of hydrogen-bond donors (Lipinski definition) is 0. The number of aromatic nitrogens is 2. The lowest BCUT2D eigenvalue weighted by molar-refractivity contribution is 0.580. The topological polar surface area (TPSA) is 17.8 Å². The highest BCUT2D eigenvalue weighted by molar-refractivity contribution is 9.10. The van der Waals surface area contributed by atoms with E-state index in [1.807, 2.05) is 43.0 Å². The van der Waals surface area contributed by atoms with Crippen molar-refractivity contribution in [2.75, 3.05) is 0 Å². The summed E-state index contributed by atoms with van der Waals surface area (Å²) in [4.78, 5) is 4.53. The van der Waals surface area contributed by atoms with Crippen LogP contribution < -0.4 is 5.72 Å². The van der Waals surface area contributed by atoms with Crippen LogP contribution in [0.25, 0.3) is 5.69 Å². The fourth-order valence-electron chi connectivity index (χ4n) is 3.69. The molecule has 0 fully saturated rings. The summed E-state index contributed by atoms with van der Waals surface area (Å²) < 4.78 is 32.2. The molecule has 0 atom stereocenters. The number of aryl methyl sites for hydroxylation is 1. The van der Waals surface area contributed by atoms with Crippen LogP contribution in [0.2, 0.25) is 6.32 Å². The van der Waals surface area contributed by atoms with E-state index in [1.54, 1.807) is 42.6 Å². The van der Waals surface area contributed by atoms with Crippen molar-refractivity contribution in [2.45, 2.75) is 19.2 Å². The Labute approximate surface area is 184 Å². The SMILES string of the molecule is Cc1cnc([B]CC(c2ccccc2F)c2ccccc2F)n1-c1ccc(Br)cc1. The minimum Gasteiger partial charge on any atom is -0.310 e. The minimum absolute atomic E-state index is 0.341. The highest BCUT2D eigenvalue weighted by Crippen LogP contribution is 2.31. The van der Waals surface area contributed by atoms with Gasteiger partial charge in [0, 0.05) is 28.0 Å². The average Bonchev–Trinajstić information content (AvgIpc) is 3.11. The predicted molar refractivity (Wildman–Crippen MR) is 121 cm³/mol. The standard InChI is InChI=1S/C24H19BBrF2N2/c1-16-15-29-24(30(16)18-12-10-17(26)11-13-18)25-14-21(19-6-2-4-8-22(19)27)20-7-3-5-9-23(20)28/h2-13,15,21H,14H2,1H3.